The first-order valence-electron chi connectivity index (χ1n) is 7.35. The van der Waals surface area contributed by atoms with Gasteiger partial charge in [0.25, 0.3) is 0 Å². The summed E-state index contributed by atoms with van der Waals surface area (Å²) < 4.78 is 4.93. The van der Waals surface area contributed by atoms with Gasteiger partial charge in [-0.05, 0) is 32.6 Å². The lowest BCUT2D eigenvalue weighted by Crippen LogP contribution is -2.42. The van der Waals surface area contributed by atoms with Crippen molar-refractivity contribution in [2.24, 2.45) is 10.9 Å². The Morgan fingerprint density at radius 1 is 1.29 bits per heavy atom. The van der Waals surface area contributed by atoms with Crippen LogP contribution in [-0.2, 0) is 6.54 Å². The molecule has 0 fully saturated rings. The maximum Gasteiger partial charge on any atom is 0.223 e. The van der Waals surface area contributed by atoms with Crippen molar-refractivity contribution in [3.8, 4) is 0 Å². The third-order valence-electron chi connectivity index (χ3n) is 2.85. The van der Waals surface area contributed by atoms with Gasteiger partial charge < -0.3 is 15.2 Å². The van der Waals surface area contributed by atoms with Gasteiger partial charge in [-0.2, -0.15) is 4.98 Å². The van der Waals surface area contributed by atoms with Crippen LogP contribution in [0, 0.1) is 12.8 Å². The number of halogens is 1. The van der Waals surface area contributed by atoms with E-state index in [1.54, 1.807) is 6.92 Å². The van der Waals surface area contributed by atoms with Gasteiger partial charge in [-0.1, -0.05) is 19.0 Å². The van der Waals surface area contributed by atoms with E-state index in [4.69, 9.17) is 4.52 Å². The number of aromatic nitrogens is 2. The number of rotatable bonds is 7. The molecule has 0 saturated heterocycles. The number of guanidine groups is 1. The average molecular weight is 409 g/mol. The number of hydrogen-bond donors (Lipinski definition) is 2. The molecule has 0 amide bonds. The second-order valence-electron chi connectivity index (χ2n) is 5.44. The van der Waals surface area contributed by atoms with Crippen LogP contribution in [0.1, 0.15) is 52.3 Å². The molecule has 1 unspecified atom stereocenters. The Balaban J connectivity index is 0.00000400. The largest absolute Gasteiger partial charge is 0.357 e. The van der Waals surface area contributed by atoms with Crippen molar-refractivity contribution < 1.29 is 4.52 Å². The van der Waals surface area contributed by atoms with Crippen molar-refractivity contribution in [2.75, 3.05) is 6.54 Å². The van der Waals surface area contributed by atoms with Crippen LogP contribution in [0.25, 0.3) is 0 Å². The monoisotopic (exact) mass is 409 g/mol. The molecule has 0 aliphatic carbocycles. The first kappa shape index (κ1) is 20.1. The highest BCUT2D eigenvalue weighted by molar-refractivity contribution is 14.0. The van der Waals surface area contributed by atoms with Gasteiger partial charge >= 0.3 is 0 Å². The van der Waals surface area contributed by atoms with Crippen molar-refractivity contribution in [3.05, 3.63) is 11.7 Å². The van der Waals surface area contributed by atoms with Gasteiger partial charge in [0.15, 0.2) is 11.8 Å². The van der Waals surface area contributed by atoms with Gasteiger partial charge in [-0.25, -0.2) is 4.99 Å². The fourth-order valence-corrected chi connectivity index (χ4v) is 1.76. The van der Waals surface area contributed by atoms with Crippen molar-refractivity contribution in [2.45, 2.75) is 60.0 Å². The Morgan fingerprint density at radius 2 is 2.00 bits per heavy atom. The number of nitrogens with one attached hydrogen (secondary N) is 2. The van der Waals surface area contributed by atoms with Crippen LogP contribution in [0.2, 0.25) is 0 Å². The van der Waals surface area contributed by atoms with Crippen molar-refractivity contribution in [1.82, 2.24) is 20.8 Å². The Kier molecular flexibility index (Phi) is 10.4. The maximum absolute atomic E-state index is 4.93. The minimum Gasteiger partial charge on any atom is -0.357 e. The van der Waals surface area contributed by atoms with E-state index in [0.29, 0.717) is 24.3 Å². The molecule has 0 bridgehead atoms. The third kappa shape index (κ3) is 8.90. The molecule has 7 heteroatoms. The normalized spacial score (nSPS) is 13.0. The van der Waals surface area contributed by atoms with Crippen molar-refractivity contribution in [1.29, 1.82) is 0 Å². The first-order valence-corrected chi connectivity index (χ1v) is 7.35. The van der Waals surface area contributed by atoms with E-state index in [2.05, 4.69) is 53.5 Å². The van der Waals surface area contributed by atoms with E-state index in [-0.39, 0.29) is 24.0 Å². The summed E-state index contributed by atoms with van der Waals surface area (Å²) in [6.45, 7) is 11.7. The minimum atomic E-state index is 0. The summed E-state index contributed by atoms with van der Waals surface area (Å²) in [6, 6.07) is 0.391. The lowest BCUT2D eigenvalue weighted by atomic mass is 10.0. The lowest BCUT2D eigenvalue weighted by Gasteiger charge is -2.18. The highest BCUT2D eigenvalue weighted by Crippen LogP contribution is 2.06. The zero-order chi connectivity index (χ0) is 15.0. The second-order valence-corrected chi connectivity index (χ2v) is 5.44. The molecule has 1 aromatic heterocycles. The Bertz CT molecular complexity index is 419. The van der Waals surface area contributed by atoms with Crippen LogP contribution in [0.5, 0.6) is 0 Å². The van der Waals surface area contributed by atoms with Crippen LogP contribution >= 0.6 is 24.0 Å². The van der Waals surface area contributed by atoms with E-state index in [1.807, 2.05) is 0 Å². The quantitative estimate of drug-likeness (QED) is 0.412. The molecule has 0 radical (unpaired) electrons. The number of nitrogens with zero attached hydrogens (tertiary/aromatic N) is 3. The molecule has 21 heavy (non-hydrogen) atoms. The van der Waals surface area contributed by atoms with Gasteiger partial charge in [-0.15, -0.1) is 24.0 Å². The summed E-state index contributed by atoms with van der Waals surface area (Å²) in [5.41, 5.74) is 0. The Morgan fingerprint density at radius 3 is 2.52 bits per heavy atom. The van der Waals surface area contributed by atoms with Gasteiger partial charge in [0, 0.05) is 19.5 Å². The second kappa shape index (κ2) is 10.8. The summed E-state index contributed by atoms with van der Waals surface area (Å²) in [5, 5.41) is 10.5. The summed E-state index contributed by atoms with van der Waals surface area (Å²) in [7, 11) is 0. The van der Waals surface area contributed by atoms with Crippen LogP contribution in [0.3, 0.4) is 0 Å². The van der Waals surface area contributed by atoms with Crippen LogP contribution in [0.15, 0.2) is 9.52 Å². The molecule has 1 aromatic rings. The van der Waals surface area contributed by atoms with E-state index in [1.165, 1.54) is 6.42 Å². The zero-order valence-electron chi connectivity index (χ0n) is 13.6. The topological polar surface area (TPSA) is 75.3 Å². The number of hydrogen-bond acceptors (Lipinski definition) is 4. The van der Waals surface area contributed by atoms with Crippen LogP contribution in [-0.4, -0.2) is 28.7 Å². The fourth-order valence-electron chi connectivity index (χ4n) is 1.76. The fraction of sp³-hybridized carbons (Fsp3) is 0.786. The van der Waals surface area contributed by atoms with Crippen molar-refractivity contribution in [3.63, 3.8) is 0 Å². The van der Waals surface area contributed by atoms with Gasteiger partial charge in [0.1, 0.15) is 6.54 Å². The van der Waals surface area contributed by atoms with Crippen LogP contribution in [0.4, 0.5) is 0 Å². The maximum atomic E-state index is 4.93. The molecule has 2 N–H and O–H groups in total. The minimum absolute atomic E-state index is 0. The standard InChI is InChI=1S/C14H27N5O.HI/c1-6-15-14(17-11(4)8-7-10(2)3)16-9-13-18-12(5)20-19-13;/h10-11H,6-9H2,1-5H3,(H2,15,16,17);1H. The molecule has 122 valence electrons. The molecule has 0 aliphatic heterocycles. The Hall–Kier alpha value is -0.860. The van der Waals surface area contributed by atoms with Gasteiger partial charge in [0.2, 0.25) is 5.89 Å². The summed E-state index contributed by atoms with van der Waals surface area (Å²) in [6.07, 6.45) is 2.33. The van der Waals surface area contributed by atoms with Gasteiger partial charge in [0.05, 0.1) is 0 Å². The van der Waals surface area contributed by atoms with Crippen LogP contribution < -0.4 is 10.6 Å². The molecular weight excluding hydrogens is 381 g/mol. The first-order chi connectivity index (χ1) is 9.51. The smallest absolute Gasteiger partial charge is 0.223 e. The third-order valence-corrected chi connectivity index (χ3v) is 2.85. The predicted molar refractivity (Wildman–Crippen MR) is 95.9 cm³/mol. The molecule has 1 rings (SSSR count). The number of aryl methyl sites for hydroxylation is 1. The van der Waals surface area contributed by atoms with E-state index in [0.717, 1.165) is 24.8 Å². The highest BCUT2D eigenvalue weighted by atomic mass is 127. The molecule has 0 aliphatic rings. The molecule has 0 saturated carbocycles. The van der Waals surface area contributed by atoms with E-state index >= 15 is 0 Å². The summed E-state index contributed by atoms with van der Waals surface area (Å²) >= 11 is 0. The molecule has 0 aromatic carbocycles. The summed E-state index contributed by atoms with van der Waals surface area (Å²) in [5.74, 6) is 2.69. The predicted octanol–water partition coefficient (Wildman–Crippen LogP) is 2.88. The molecular formula is C14H28IN5O. The van der Waals surface area contributed by atoms with Crippen molar-refractivity contribution >= 4 is 29.9 Å². The molecule has 1 heterocycles. The molecule has 0 spiro atoms. The van der Waals surface area contributed by atoms with E-state index in [9.17, 15) is 0 Å². The zero-order valence-corrected chi connectivity index (χ0v) is 16.0. The Labute approximate surface area is 144 Å². The SMILES string of the molecule is CCNC(=NCc1noc(C)n1)NC(C)CCC(C)C.I. The molecule has 6 nitrogen and oxygen atoms in total. The highest BCUT2D eigenvalue weighted by Gasteiger charge is 2.07. The molecule has 1 atom stereocenters. The summed E-state index contributed by atoms with van der Waals surface area (Å²) in [4.78, 5) is 8.61. The lowest BCUT2D eigenvalue weighted by molar-refractivity contribution is 0.387. The van der Waals surface area contributed by atoms with E-state index < -0.39 is 0 Å². The average Bonchev–Trinajstić information content (AvgIpc) is 2.80. The number of aliphatic imine (C=N–C) groups is 1. The van der Waals surface area contributed by atoms with Gasteiger partial charge in [-0.3, -0.25) is 0 Å².